The molecule has 2 rings (SSSR count). The molecule has 27 heavy (non-hydrogen) atoms. The average molecular weight is 380 g/mol. The van der Waals surface area contributed by atoms with Crippen LogP contribution in [-0.4, -0.2) is 34.7 Å². The summed E-state index contributed by atoms with van der Waals surface area (Å²) in [7, 11) is 0. The van der Waals surface area contributed by atoms with Crippen LogP contribution < -0.4 is 0 Å². The van der Waals surface area contributed by atoms with Crippen LogP contribution in [0.1, 0.15) is 71.9 Å². The van der Waals surface area contributed by atoms with Gasteiger partial charge in [-0.05, 0) is 51.0 Å². The van der Waals surface area contributed by atoms with Gasteiger partial charge in [0.1, 0.15) is 0 Å². The van der Waals surface area contributed by atoms with Gasteiger partial charge < -0.3 is 5.11 Å². The Balaban J connectivity index is 2.19. The van der Waals surface area contributed by atoms with Crippen LogP contribution in [0.25, 0.3) is 0 Å². The topological polar surface area (TPSA) is 23.5 Å². The van der Waals surface area contributed by atoms with E-state index in [0.29, 0.717) is 0 Å². The Morgan fingerprint density at radius 3 is 2.04 bits per heavy atom. The van der Waals surface area contributed by atoms with Crippen LogP contribution in [0.5, 0.6) is 0 Å². The molecule has 0 saturated carbocycles. The number of likely N-dealkylation sites (tertiary alicyclic amines) is 1. The highest BCUT2D eigenvalue weighted by molar-refractivity contribution is 5.30. The van der Waals surface area contributed by atoms with E-state index in [-0.39, 0.29) is 17.0 Å². The van der Waals surface area contributed by atoms with Crippen LogP contribution in [0, 0.1) is 0 Å². The molecule has 0 radical (unpaired) electrons. The second-order valence-electron chi connectivity index (χ2n) is 9.40. The number of allylic oxidation sites excluding steroid dienone is 1. The molecule has 1 aliphatic rings. The van der Waals surface area contributed by atoms with Gasteiger partial charge in [-0.15, -0.1) is 0 Å². The zero-order chi connectivity index (χ0) is 20.5. The number of nitrogens with zero attached hydrogens (tertiary/aromatic N) is 1. The minimum absolute atomic E-state index is 0.0566. The lowest BCUT2D eigenvalue weighted by molar-refractivity contribution is -0.0140. The molecule has 1 aromatic carbocycles. The molecule has 1 aromatic rings. The van der Waals surface area contributed by atoms with Gasteiger partial charge in [0.2, 0.25) is 0 Å². The monoisotopic (exact) mass is 379 g/mol. The quantitative estimate of drug-likeness (QED) is 0.646. The van der Waals surface area contributed by atoms with Gasteiger partial charge in [0.05, 0.1) is 5.60 Å². The number of aliphatic hydroxyl groups is 1. The van der Waals surface area contributed by atoms with Gasteiger partial charge in [-0.2, -0.15) is 0 Å². The number of alkyl halides is 2. The standard InChI is InChI=1S/C23H35F2NO/c1-17(2)15-20(26-13-11-22(5,27)12-14-26)16-21(3,4)18-7-9-19(10-8-18)23(6,24)25/h7-10,15,20,27H,11-14,16H2,1-6H3. The normalized spacial score (nSPS) is 19.6. The maximum atomic E-state index is 13.5. The third kappa shape index (κ3) is 6.11. The summed E-state index contributed by atoms with van der Waals surface area (Å²) in [5, 5.41) is 10.3. The van der Waals surface area contributed by atoms with Crippen molar-refractivity contribution in [3.8, 4) is 0 Å². The maximum Gasteiger partial charge on any atom is 0.270 e. The summed E-state index contributed by atoms with van der Waals surface area (Å²) in [6, 6.07) is 7.05. The summed E-state index contributed by atoms with van der Waals surface area (Å²) in [4.78, 5) is 2.45. The van der Waals surface area contributed by atoms with E-state index < -0.39 is 11.5 Å². The minimum Gasteiger partial charge on any atom is -0.390 e. The Morgan fingerprint density at radius 1 is 1.11 bits per heavy atom. The molecule has 1 unspecified atom stereocenters. The lowest BCUT2D eigenvalue weighted by Crippen LogP contribution is -2.48. The van der Waals surface area contributed by atoms with E-state index >= 15 is 0 Å². The molecule has 1 N–H and O–H groups in total. The van der Waals surface area contributed by atoms with Gasteiger partial charge in [-0.1, -0.05) is 49.8 Å². The Kier molecular flexibility index (Phi) is 6.53. The minimum atomic E-state index is -2.81. The molecule has 1 atom stereocenters. The highest BCUT2D eigenvalue weighted by Crippen LogP contribution is 2.35. The van der Waals surface area contributed by atoms with Gasteiger partial charge >= 0.3 is 0 Å². The van der Waals surface area contributed by atoms with Crippen LogP contribution in [0.4, 0.5) is 8.78 Å². The Bertz CT molecular complexity index is 642. The Morgan fingerprint density at radius 2 is 1.59 bits per heavy atom. The van der Waals surface area contributed by atoms with Gasteiger partial charge in [-0.25, -0.2) is 8.78 Å². The predicted molar refractivity (Wildman–Crippen MR) is 108 cm³/mol. The van der Waals surface area contributed by atoms with Crippen LogP contribution in [0.15, 0.2) is 35.9 Å². The second kappa shape index (κ2) is 8.00. The van der Waals surface area contributed by atoms with Crippen molar-refractivity contribution in [2.24, 2.45) is 0 Å². The summed E-state index contributed by atoms with van der Waals surface area (Å²) in [6.07, 6.45) is 4.76. The molecule has 1 heterocycles. The third-order valence-electron chi connectivity index (χ3n) is 5.76. The number of hydrogen-bond acceptors (Lipinski definition) is 2. The highest BCUT2D eigenvalue weighted by atomic mass is 19.3. The van der Waals surface area contributed by atoms with Crippen molar-refractivity contribution < 1.29 is 13.9 Å². The molecular formula is C23H35F2NO. The molecule has 1 aliphatic heterocycles. The molecule has 2 nitrogen and oxygen atoms in total. The zero-order valence-corrected chi connectivity index (χ0v) is 17.6. The largest absolute Gasteiger partial charge is 0.390 e. The molecule has 0 aromatic heterocycles. The fourth-order valence-corrected chi connectivity index (χ4v) is 3.87. The van der Waals surface area contributed by atoms with Crippen LogP contribution in [0.2, 0.25) is 0 Å². The SMILES string of the molecule is CC(C)=CC(CC(C)(C)c1ccc(C(C)(F)F)cc1)N1CCC(C)(O)CC1. The lowest BCUT2D eigenvalue weighted by atomic mass is 9.77. The van der Waals surface area contributed by atoms with Crippen molar-refractivity contribution in [3.05, 3.63) is 47.0 Å². The first-order valence-corrected chi connectivity index (χ1v) is 9.90. The van der Waals surface area contributed by atoms with E-state index in [2.05, 4.69) is 38.7 Å². The Hall–Kier alpha value is -1.26. The van der Waals surface area contributed by atoms with Crippen molar-refractivity contribution in [2.45, 2.75) is 83.8 Å². The van der Waals surface area contributed by atoms with Crippen LogP contribution in [0.3, 0.4) is 0 Å². The van der Waals surface area contributed by atoms with E-state index in [1.807, 2.05) is 19.1 Å². The summed E-state index contributed by atoms with van der Waals surface area (Å²) in [6.45, 7) is 13.2. The van der Waals surface area contributed by atoms with Gasteiger partial charge in [0.25, 0.3) is 5.92 Å². The fourth-order valence-electron chi connectivity index (χ4n) is 3.87. The first kappa shape index (κ1) is 22.0. The molecule has 0 bridgehead atoms. The fraction of sp³-hybridized carbons (Fsp3) is 0.652. The molecule has 0 aliphatic carbocycles. The summed E-state index contributed by atoms with van der Waals surface area (Å²) in [5.74, 6) is -2.81. The zero-order valence-electron chi connectivity index (χ0n) is 17.6. The Labute approximate surface area is 163 Å². The van der Waals surface area contributed by atoms with E-state index in [9.17, 15) is 13.9 Å². The number of benzene rings is 1. The van der Waals surface area contributed by atoms with E-state index in [4.69, 9.17) is 0 Å². The summed E-state index contributed by atoms with van der Waals surface area (Å²) >= 11 is 0. The van der Waals surface area contributed by atoms with Crippen LogP contribution >= 0.6 is 0 Å². The average Bonchev–Trinajstić information content (AvgIpc) is 2.53. The first-order chi connectivity index (χ1) is 12.3. The second-order valence-corrected chi connectivity index (χ2v) is 9.40. The van der Waals surface area contributed by atoms with Crippen molar-refractivity contribution >= 4 is 0 Å². The first-order valence-electron chi connectivity index (χ1n) is 9.90. The van der Waals surface area contributed by atoms with Crippen molar-refractivity contribution in [1.29, 1.82) is 0 Å². The van der Waals surface area contributed by atoms with E-state index in [0.717, 1.165) is 44.8 Å². The van der Waals surface area contributed by atoms with Crippen molar-refractivity contribution in [1.82, 2.24) is 4.90 Å². The van der Waals surface area contributed by atoms with E-state index in [1.54, 1.807) is 12.1 Å². The smallest absolute Gasteiger partial charge is 0.270 e. The summed E-state index contributed by atoms with van der Waals surface area (Å²) < 4.78 is 27.0. The third-order valence-corrected chi connectivity index (χ3v) is 5.76. The summed E-state index contributed by atoms with van der Waals surface area (Å²) in [5.41, 5.74) is 1.70. The number of rotatable bonds is 6. The number of piperidine rings is 1. The van der Waals surface area contributed by atoms with E-state index in [1.165, 1.54) is 5.57 Å². The van der Waals surface area contributed by atoms with Crippen LogP contribution in [-0.2, 0) is 11.3 Å². The molecule has 0 spiro atoms. The lowest BCUT2D eigenvalue weighted by Gasteiger charge is -2.42. The molecule has 152 valence electrons. The number of hydrogen-bond donors (Lipinski definition) is 1. The number of halogens is 2. The molecule has 1 fully saturated rings. The molecule has 1 saturated heterocycles. The molecule has 0 amide bonds. The van der Waals surface area contributed by atoms with Gasteiger partial charge in [0, 0.05) is 31.6 Å². The van der Waals surface area contributed by atoms with Gasteiger partial charge in [0.15, 0.2) is 0 Å². The predicted octanol–water partition coefficient (Wildman–Crippen LogP) is 5.65. The highest BCUT2D eigenvalue weighted by Gasteiger charge is 2.33. The van der Waals surface area contributed by atoms with Gasteiger partial charge in [-0.3, -0.25) is 4.90 Å². The van der Waals surface area contributed by atoms with Crippen molar-refractivity contribution in [2.75, 3.05) is 13.1 Å². The van der Waals surface area contributed by atoms with Crippen molar-refractivity contribution in [3.63, 3.8) is 0 Å². The maximum absolute atomic E-state index is 13.5. The molecule has 4 heteroatoms. The molecular weight excluding hydrogens is 344 g/mol.